The molecule has 0 aliphatic carbocycles. The molecule has 0 amide bonds. The minimum Gasteiger partial charge on any atom is -0.493 e. The summed E-state index contributed by atoms with van der Waals surface area (Å²) in [6.07, 6.45) is 3.65. The van der Waals surface area contributed by atoms with Crippen LogP contribution in [0.3, 0.4) is 0 Å². The Morgan fingerprint density at radius 1 is 1.35 bits per heavy atom. The van der Waals surface area contributed by atoms with E-state index < -0.39 is 0 Å². The van der Waals surface area contributed by atoms with Gasteiger partial charge in [0.15, 0.2) is 0 Å². The number of ether oxygens (including phenoxy) is 1. The van der Waals surface area contributed by atoms with E-state index in [0.717, 1.165) is 37.8 Å². The molecule has 1 heterocycles. The summed E-state index contributed by atoms with van der Waals surface area (Å²) in [5.41, 5.74) is 2.74. The molecule has 2 heteroatoms. The van der Waals surface area contributed by atoms with Crippen LogP contribution in [0.5, 0.6) is 5.75 Å². The number of hydrogen-bond acceptors (Lipinski definition) is 2. The third kappa shape index (κ3) is 3.74. The Labute approximate surface area is 104 Å². The average Bonchev–Trinajstić information content (AvgIpc) is 2.75. The molecule has 1 aliphatic rings. The van der Waals surface area contributed by atoms with Crippen molar-refractivity contribution in [2.45, 2.75) is 39.7 Å². The first-order valence-electron chi connectivity index (χ1n) is 6.71. The summed E-state index contributed by atoms with van der Waals surface area (Å²) in [6.45, 7) is 7.50. The second-order valence-corrected chi connectivity index (χ2v) is 5.25. The van der Waals surface area contributed by atoms with Gasteiger partial charge in [-0.1, -0.05) is 26.0 Å². The fourth-order valence-electron chi connectivity index (χ4n) is 2.22. The molecule has 0 unspecified atom stereocenters. The van der Waals surface area contributed by atoms with Crippen molar-refractivity contribution in [1.82, 2.24) is 5.32 Å². The van der Waals surface area contributed by atoms with Gasteiger partial charge in [-0.25, -0.2) is 0 Å². The van der Waals surface area contributed by atoms with Gasteiger partial charge in [-0.2, -0.15) is 0 Å². The lowest BCUT2D eigenvalue weighted by atomic mass is 10.1. The molecule has 0 saturated carbocycles. The second-order valence-electron chi connectivity index (χ2n) is 5.25. The highest BCUT2D eigenvalue weighted by atomic mass is 16.5. The lowest BCUT2D eigenvalue weighted by Gasteiger charge is -2.07. The van der Waals surface area contributed by atoms with Crippen LogP contribution in [0.15, 0.2) is 18.2 Å². The maximum atomic E-state index is 5.50. The molecule has 17 heavy (non-hydrogen) atoms. The highest BCUT2D eigenvalue weighted by Gasteiger charge is 2.11. The number of rotatable bonds is 6. The van der Waals surface area contributed by atoms with Crippen LogP contribution in [0.4, 0.5) is 0 Å². The molecule has 1 N–H and O–H groups in total. The Morgan fingerprint density at radius 2 is 2.24 bits per heavy atom. The van der Waals surface area contributed by atoms with E-state index in [1.807, 2.05) is 0 Å². The van der Waals surface area contributed by atoms with Crippen molar-refractivity contribution in [2.75, 3.05) is 13.2 Å². The maximum absolute atomic E-state index is 5.50. The number of hydrogen-bond donors (Lipinski definition) is 1. The molecule has 0 aromatic heterocycles. The first kappa shape index (κ1) is 12.4. The molecule has 1 aromatic rings. The van der Waals surface area contributed by atoms with Crippen LogP contribution in [-0.4, -0.2) is 13.2 Å². The van der Waals surface area contributed by atoms with E-state index in [1.165, 1.54) is 24.0 Å². The molecule has 0 saturated heterocycles. The molecular formula is C15H23NO. The predicted molar refractivity (Wildman–Crippen MR) is 71.4 cm³/mol. The van der Waals surface area contributed by atoms with Gasteiger partial charge in [0.1, 0.15) is 5.75 Å². The Bertz CT molecular complexity index is 360. The molecule has 0 radical (unpaired) electrons. The van der Waals surface area contributed by atoms with Crippen molar-refractivity contribution in [3.63, 3.8) is 0 Å². The number of fused-ring (bicyclic) bond motifs is 1. The lowest BCUT2D eigenvalue weighted by Crippen LogP contribution is -2.15. The molecule has 2 rings (SSSR count). The maximum Gasteiger partial charge on any atom is 0.122 e. The highest BCUT2D eigenvalue weighted by molar-refractivity contribution is 5.39. The zero-order valence-corrected chi connectivity index (χ0v) is 11.0. The van der Waals surface area contributed by atoms with E-state index in [1.54, 1.807) is 0 Å². The van der Waals surface area contributed by atoms with Gasteiger partial charge in [0, 0.05) is 13.0 Å². The van der Waals surface area contributed by atoms with Crippen molar-refractivity contribution in [1.29, 1.82) is 0 Å². The first-order valence-corrected chi connectivity index (χ1v) is 6.71. The quantitative estimate of drug-likeness (QED) is 0.762. The first-order chi connectivity index (χ1) is 8.25. The Hall–Kier alpha value is -1.02. The van der Waals surface area contributed by atoms with Gasteiger partial charge in [0.25, 0.3) is 0 Å². The van der Waals surface area contributed by atoms with Crippen LogP contribution >= 0.6 is 0 Å². The SMILES string of the molecule is CC(C)CCCNCc1ccc2c(c1)CCO2. The van der Waals surface area contributed by atoms with Crippen molar-refractivity contribution >= 4 is 0 Å². The summed E-state index contributed by atoms with van der Waals surface area (Å²) in [4.78, 5) is 0. The normalized spacial score (nSPS) is 13.8. The van der Waals surface area contributed by atoms with E-state index in [4.69, 9.17) is 4.74 Å². The lowest BCUT2D eigenvalue weighted by molar-refractivity contribution is 0.357. The van der Waals surface area contributed by atoms with Crippen LogP contribution in [0.1, 0.15) is 37.8 Å². The van der Waals surface area contributed by atoms with Crippen molar-refractivity contribution < 1.29 is 4.74 Å². The van der Waals surface area contributed by atoms with Gasteiger partial charge in [-0.15, -0.1) is 0 Å². The molecular weight excluding hydrogens is 210 g/mol. The van der Waals surface area contributed by atoms with Gasteiger partial charge in [0.05, 0.1) is 6.61 Å². The number of benzene rings is 1. The van der Waals surface area contributed by atoms with Crippen molar-refractivity contribution in [2.24, 2.45) is 5.92 Å². The topological polar surface area (TPSA) is 21.3 Å². The summed E-state index contributed by atoms with van der Waals surface area (Å²) < 4.78 is 5.50. The van der Waals surface area contributed by atoms with Crippen LogP contribution in [0.2, 0.25) is 0 Å². The fraction of sp³-hybridized carbons (Fsp3) is 0.600. The van der Waals surface area contributed by atoms with Crippen molar-refractivity contribution in [3.8, 4) is 5.75 Å². The fourth-order valence-corrected chi connectivity index (χ4v) is 2.22. The summed E-state index contributed by atoms with van der Waals surface area (Å²) in [6, 6.07) is 6.55. The molecule has 94 valence electrons. The summed E-state index contributed by atoms with van der Waals surface area (Å²) in [7, 11) is 0. The largest absolute Gasteiger partial charge is 0.493 e. The number of nitrogens with one attached hydrogen (secondary N) is 1. The zero-order valence-electron chi connectivity index (χ0n) is 11.0. The molecule has 0 atom stereocenters. The molecule has 0 bridgehead atoms. The average molecular weight is 233 g/mol. The van der Waals surface area contributed by atoms with Gasteiger partial charge < -0.3 is 10.1 Å². The Morgan fingerprint density at radius 3 is 3.06 bits per heavy atom. The monoisotopic (exact) mass is 233 g/mol. The molecule has 1 aromatic carbocycles. The third-order valence-electron chi connectivity index (χ3n) is 3.22. The molecule has 1 aliphatic heterocycles. The van der Waals surface area contributed by atoms with Gasteiger partial charge in [0.2, 0.25) is 0 Å². The predicted octanol–water partition coefficient (Wildman–Crippen LogP) is 3.15. The minimum atomic E-state index is 0.814. The van der Waals surface area contributed by atoms with Crippen molar-refractivity contribution in [3.05, 3.63) is 29.3 Å². The highest BCUT2D eigenvalue weighted by Crippen LogP contribution is 2.25. The Balaban J connectivity index is 1.72. The van der Waals surface area contributed by atoms with E-state index in [2.05, 4.69) is 37.4 Å². The van der Waals surface area contributed by atoms with Gasteiger partial charge >= 0.3 is 0 Å². The zero-order chi connectivity index (χ0) is 12.1. The van der Waals surface area contributed by atoms with Crippen LogP contribution in [0.25, 0.3) is 0 Å². The van der Waals surface area contributed by atoms with E-state index >= 15 is 0 Å². The summed E-state index contributed by atoms with van der Waals surface area (Å²) in [5, 5.41) is 3.51. The van der Waals surface area contributed by atoms with Gasteiger partial charge in [-0.05, 0) is 42.5 Å². The van der Waals surface area contributed by atoms with E-state index in [0.29, 0.717) is 0 Å². The van der Waals surface area contributed by atoms with Crippen LogP contribution in [-0.2, 0) is 13.0 Å². The Kier molecular flexibility index (Phi) is 4.43. The molecule has 0 fully saturated rings. The summed E-state index contributed by atoms with van der Waals surface area (Å²) in [5.74, 6) is 1.89. The smallest absolute Gasteiger partial charge is 0.122 e. The van der Waals surface area contributed by atoms with E-state index in [-0.39, 0.29) is 0 Å². The van der Waals surface area contributed by atoms with Crippen LogP contribution < -0.4 is 10.1 Å². The summed E-state index contributed by atoms with van der Waals surface area (Å²) >= 11 is 0. The second kappa shape index (κ2) is 6.06. The third-order valence-corrected chi connectivity index (χ3v) is 3.22. The molecule has 2 nitrogen and oxygen atoms in total. The molecule has 0 spiro atoms. The van der Waals surface area contributed by atoms with Crippen LogP contribution in [0, 0.1) is 5.92 Å². The van der Waals surface area contributed by atoms with Gasteiger partial charge in [-0.3, -0.25) is 0 Å². The van der Waals surface area contributed by atoms with E-state index in [9.17, 15) is 0 Å². The minimum absolute atomic E-state index is 0.814. The standard InChI is InChI=1S/C15H23NO/c1-12(2)4-3-8-16-11-13-5-6-15-14(10-13)7-9-17-15/h5-6,10,12,16H,3-4,7-9,11H2,1-2H3.